The number of fused-ring (bicyclic) bond motifs is 1. The van der Waals surface area contributed by atoms with E-state index in [-0.39, 0.29) is 12.3 Å². The average molecular weight is 341 g/mol. The van der Waals surface area contributed by atoms with E-state index in [4.69, 9.17) is 0 Å². The molecule has 1 fully saturated rings. The highest BCUT2D eigenvalue weighted by atomic mass is 16.4. The molecule has 1 saturated heterocycles. The SMILES string of the molecule is CN1CCN(C(CC(=O)Nc2cccc3ccccc23)C(=O)O)CC1. The predicted octanol–water partition coefficient (Wildman–Crippen LogP) is 1.87. The summed E-state index contributed by atoms with van der Waals surface area (Å²) in [5.41, 5.74) is 0.714. The number of carboxylic acid groups (broad SMARTS) is 1. The first-order chi connectivity index (χ1) is 12.0. The smallest absolute Gasteiger partial charge is 0.321 e. The monoisotopic (exact) mass is 341 g/mol. The lowest BCUT2D eigenvalue weighted by Gasteiger charge is -2.35. The maximum Gasteiger partial charge on any atom is 0.321 e. The number of carboxylic acids is 1. The van der Waals surface area contributed by atoms with Gasteiger partial charge in [0, 0.05) is 37.3 Å². The largest absolute Gasteiger partial charge is 0.480 e. The average Bonchev–Trinajstić information content (AvgIpc) is 2.61. The molecular weight excluding hydrogens is 318 g/mol. The van der Waals surface area contributed by atoms with Gasteiger partial charge in [0.05, 0.1) is 6.42 Å². The Hall–Kier alpha value is -2.44. The first kappa shape index (κ1) is 17.4. The number of hydrogen-bond donors (Lipinski definition) is 2. The van der Waals surface area contributed by atoms with Gasteiger partial charge >= 0.3 is 5.97 Å². The van der Waals surface area contributed by atoms with Crippen molar-refractivity contribution in [3.05, 3.63) is 42.5 Å². The number of nitrogens with zero attached hydrogens (tertiary/aromatic N) is 2. The van der Waals surface area contributed by atoms with Crippen LogP contribution in [0.4, 0.5) is 5.69 Å². The van der Waals surface area contributed by atoms with Crippen LogP contribution in [0.3, 0.4) is 0 Å². The molecular formula is C19H23N3O3. The van der Waals surface area contributed by atoms with Gasteiger partial charge < -0.3 is 15.3 Å². The highest BCUT2D eigenvalue weighted by molar-refractivity contribution is 6.03. The Kier molecular flexibility index (Phi) is 5.31. The highest BCUT2D eigenvalue weighted by Gasteiger charge is 2.30. The van der Waals surface area contributed by atoms with Gasteiger partial charge in [-0.05, 0) is 18.5 Å². The van der Waals surface area contributed by atoms with Crippen LogP contribution < -0.4 is 5.32 Å². The minimum absolute atomic E-state index is 0.0533. The first-order valence-electron chi connectivity index (χ1n) is 8.47. The van der Waals surface area contributed by atoms with Crippen LogP contribution in [0.5, 0.6) is 0 Å². The summed E-state index contributed by atoms with van der Waals surface area (Å²) in [7, 11) is 2.01. The molecule has 0 radical (unpaired) electrons. The van der Waals surface area contributed by atoms with Gasteiger partial charge in [-0.3, -0.25) is 14.5 Å². The molecule has 2 aromatic rings. The Balaban J connectivity index is 1.70. The molecule has 0 bridgehead atoms. The number of likely N-dealkylation sites (N-methyl/N-ethyl adjacent to an activating group) is 1. The Morgan fingerprint density at radius 3 is 2.48 bits per heavy atom. The van der Waals surface area contributed by atoms with Crippen LogP contribution in [0.15, 0.2) is 42.5 Å². The number of rotatable bonds is 5. The molecule has 0 saturated carbocycles. The molecule has 1 amide bonds. The minimum atomic E-state index is -0.947. The summed E-state index contributed by atoms with van der Waals surface area (Å²) in [6.45, 7) is 2.95. The third-order valence-electron chi connectivity index (χ3n) is 4.71. The van der Waals surface area contributed by atoms with E-state index in [0.717, 1.165) is 23.9 Å². The van der Waals surface area contributed by atoms with Gasteiger partial charge in [-0.2, -0.15) is 0 Å². The molecule has 1 unspecified atom stereocenters. The maximum absolute atomic E-state index is 12.5. The molecule has 6 heteroatoms. The van der Waals surface area contributed by atoms with Crippen LogP contribution in [-0.2, 0) is 9.59 Å². The number of carbonyl (C=O) groups is 2. The van der Waals surface area contributed by atoms with E-state index in [1.165, 1.54) is 0 Å². The van der Waals surface area contributed by atoms with Crippen LogP contribution >= 0.6 is 0 Å². The van der Waals surface area contributed by atoms with E-state index in [0.29, 0.717) is 18.8 Å². The maximum atomic E-state index is 12.5. The summed E-state index contributed by atoms with van der Waals surface area (Å²) in [6, 6.07) is 12.7. The van der Waals surface area contributed by atoms with Crippen LogP contribution in [-0.4, -0.2) is 66.1 Å². The zero-order valence-corrected chi connectivity index (χ0v) is 14.3. The standard InChI is InChI=1S/C19H23N3O3/c1-21-9-11-22(12-10-21)17(19(24)25)13-18(23)20-16-8-4-6-14-5-2-3-7-15(14)16/h2-8,17H,9-13H2,1H3,(H,20,23)(H,24,25). The lowest BCUT2D eigenvalue weighted by Crippen LogP contribution is -2.52. The molecule has 1 aliphatic rings. The van der Waals surface area contributed by atoms with Crippen LogP contribution in [0, 0.1) is 0 Å². The Labute approximate surface area is 147 Å². The first-order valence-corrected chi connectivity index (χ1v) is 8.47. The summed E-state index contributed by atoms with van der Waals surface area (Å²) in [5.74, 6) is -1.22. The molecule has 2 aromatic carbocycles. The predicted molar refractivity (Wildman–Crippen MR) is 97.7 cm³/mol. The summed E-state index contributed by atoms with van der Waals surface area (Å²) in [4.78, 5) is 28.2. The molecule has 1 aliphatic heterocycles. The van der Waals surface area contributed by atoms with Gasteiger partial charge in [-0.15, -0.1) is 0 Å². The molecule has 132 valence electrons. The highest BCUT2D eigenvalue weighted by Crippen LogP contribution is 2.23. The van der Waals surface area contributed by atoms with Crippen LogP contribution in [0.2, 0.25) is 0 Å². The van der Waals surface area contributed by atoms with E-state index in [9.17, 15) is 14.7 Å². The van der Waals surface area contributed by atoms with Crippen LogP contribution in [0.25, 0.3) is 10.8 Å². The normalized spacial score (nSPS) is 17.3. The van der Waals surface area contributed by atoms with E-state index in [1.54, 1.807) is 0 Å². The zero-order chi connectivity index (χ0) is 17.8. The number of piperazine rings is 1. The molecule has 6 nitrogen and oxygen atoms in total. The number of anilines is 1. The van der Waals surface area contributed by atoms with Crippen molar-refractivity contribution in [2.75, 3.05) is 38.5 Å². The molecule has 0 spiro atoms. The van der Waals surface area contributed by atoms with Crippen molar-refractivity contribution in [3.63, 3.8) is 0 Å². The third kappa shape index (κ3) is 4.15. The fourth-order valence-corrected chi connectivity index (χ4v) is 3.22. The van der Waals surface area contributed by atoms with E-state index in [2.05, 4.69) is 10.2 Å². The topological polar surface area (TPSA) is 72.9 Å². The number of carbonyl (C=O) groups excluding carboxylic acids is 1. The fraction of sp³-hybridized carbons (Fsp3) is 0.368. The van der Waals surface area contributed by atoms with Crippen LogP contribution in [0.1, 0.15) is 6.42 Å². The van der Waals surface area contributed by atoms with Crippen molar-refractivity contribution in [1.82, 2.24) is 9.80 Å². The van der Waals surface area contributed by atoms with Crippen molar-refractivity contribution < 1.29 is 14.7 Å². The van der Waals surface area contributed by atoms with E-state index < -0.39 is 12.0 Å². The van der Waals surface area contributed by atoms with Crippen molar-refractivity contribution >= 4 is 28.3 Å². The summed E-state index contributed by atoms with van der Waals surface area (Å²) < 4.78 is 0. The second-order valence-electron chi connectivity index (χ2n) is 6.47. The minimum Gasteiger partial charge on any atom is -0.480 e. The molecule has 3 rings (SSSR count). The van der Waals surface area contributed by atoms with Gasteiger partial charge in [0.15, 0.2) is 0 Å². The summed E-state index contributed by atoms with van der Waals surface area (Å²) in [6.07, 6.45) is -0.0533. The lowest BCUT2D eigenvalue weighted by atomic mass is 10.1. The molecule has 0 aromatic heterocycles. The molecule has 0 aliphatic carbocycles. The molecule has 25 heavy (non-hydrogen) atoms. The zero-order valence-electron chi connectivity index (χ0n) is 14.3. The van der Waals surface area contributed by atoms with Crippen molar-refractivity contribution in [1.29, 1.82) is 0 Å². The molecule has 1 heterocycles. The molecule has 2 N–H and O–H groups in total. The van der Waals surface area contributed by atoms with Gasteiger partial charge in [-0.1, -0.05) is 36.4 Å². The number of nitrogens with one attached hydrogen (secondary N) is 1. The van der Waals surface area contributed by atoms with E-state index in [1.807, 2.05) is 54.4 Å². The quantitative estimate of drug-likeness (QED) is 0.869. The Bertz CT molecular complexity index is 764. The van der Waals surface area contributed by atoms with Crippen molar-refractivity contribution in [3.8, 4) is 0 Å². The number of amides is 1. The summed E-state index contributed by atoms with van der Waals surface area (Å²) >= 11 is 0. The Morgan fingerprint density at radius 1 is 1.08 bits per heavy atom. The number of aliphatic carboxylic acids is 1. The van der Waals surface area contributed by atoms with Gasteiger partial charge in [0.2, 0.25) is 5.91 Å². The number of hydrogen-bond acceptors (Lipinski definition) is 4. The molecule has 1 atom stereocenters. The lowest BCUT2D eigenvalue weighted by molar-refractivity contribution is -0.145. The Morgan fingerprint density at radius 2 is 1.76 bits per heavy atom. The van der Waals surface area contributed by atoms with Gasteiger partial charge in [-0.25, -0.2) is 0 Å². The van der Waals surface area contributed by atoms with Gasteiger partial charge in [0.1, 0.15) is 6.04 Å². The van der Waals surface area contributed by atoms with Gasteiger partial charge in [0.25, 0.3) is 0 Å². The van der Waals surface area contributed by atoms with E-state index >= 15 is 0 Å². The fourth-order valence-electron chi connectivity index (χ4n) is 3.22. The van der Waals surface area contributed by atoms with Crippen molar-refractivity contribution in [2.45, 2.75) is 12.5 Å². The second kappa shape index (κ2) is 7.63. The third-order valence-corrected chi connectivity index (χ3v) is 4.71. The summed E-state index contributed by atoms with van der Waals surface area (Å²) in [5, 5.41) is 14.4. The van der Waals surface area contributed by atoms with Crippen molar-refractivity contribution in [2.24, 2.45) is 0 Å². The second-order valence-corrected chi connectivity index (χ2v) is 6.47. The number of benzene rings is 2.